The van der Waals surface area contributed by atoms with Gasteiger partial charge in [0.25, 0.3) is 0 Å². The van der Waals surface area contributed by atoms with E-state index in [-0.39, 0.29) is 11.6 Å². The zero-order chi connectivity index (χ0) is 42.1. The molecular formula is C50H60N2O4S2Si. The molecule has 2 heterocycles. The Kier molecular flexibility index (Phi) is 17.2. The Hall–Kier alpha value is -4.90. The SMILES string of the molecule is CN(CCO)c1ccc(/C=C/c2cccs2)c(OCc2ccccc2)c1.CN(CCO[Si](C)(C)C(C)(C)C)c1ccc(/C=C/c2cccs2)c(OCc2ccccc2)c1. The van der Waals surface area contributed by atoms with Gasteiger partial charge in [0.15, 0.2) is 8.32 Å². The number of aliphatic hydroxyl groups is 1. The van der Waals surface area contributed by atoms with Gasteiger partial charge in [-0.2, -0.15) is 0 Å². The molecule has 0 aliphatic heterocycles. The first kappa shape index (κ1) is 45.2. The quantitative estimate of drug-likeness (QED) is 0.0870. The van der Waals surface area contributed by atoms with Gasteiger partial charge in [0, 0.05) is 71.6 Å². The average Bonchev–Trinajstić information content (AvgIpc) is 3.97. The number of nitrogens with zero attached hydrogens (tertiary/aromatic N) is 2. The molecule has 0 saturated heterocycles. The monoisotopic (exact) mass is 844 g/mol. The van der Waals surface area contributed by atoms with Crippen LogP contribution in [0.4, 0.5) is 11.4 Å². The lowest BCUT2D eigenvalue weighted by Crippen LogP contribution is -2.42. The normalized spacial score (nSPS) is 11.7. The molecule has 2 aromatic heterocycles. The fraction of sp³-hybridized carbons (Fsp3) is 0.280. The summed E-state index contributed by atoms with van der Waals surface area (Å²) in [7, 11) is 2.34. The van der Waals surface area contributed by atoms with Crippen molar-refractivity contribution in [2.45, 2.75) is 52.1 Å². The zero-order valence-corrected chi connectivity index (χ0v) is 38.3. The predicted octanol–water partition coefficient (Wildman–Crippen LogP) is 12.9. The third-order valence-corrected chi connectivity index (χ3v) is 16.6. The molecule has 0 unspecified atom stereocenters. The number of rotatable bonds is 18. The molecule has 6 rings (SSSR count). The van der Waals surface area contributed by atoms with Crippen LogP contribution in [0.1, 0.15) is 52.8 Å². The second-order valence-corrected chi connectivity index (χ2v) is 22.6. The molecule has 0 fully saturated rings. The summed E-state index contributed by atoms with van der Waals surface area (Å²) in [5, 5.41) is 13.6. The highest BCUT2D eigenvalue weighted by atomic mass is 32.1. The molecule has 0 aliphatic carbocycles. The second kappa shape index (κ2) is 22.5. The Morgan fingerprint density at radius 1 is 0.593 bits per heavy atom. The van der Waals surface area contributed by atoms with Gasteiger partial charge in [0.05, 0.1) is 13.2 Å². The molecule has 0 spiro atoms. The maximum absolute atomic E-state index is 9.18. The lowest BCUT2D eigenvalue weighted by Gasteiger charge is -2.36. The Labute approximate surface area is 361 Å². The van der Waals surface area contributed by atoms with E-state index in [4.69, 9.17) is 13.9 Å². The molecule has 9 heteroatoms. The van der Waals surface area contributed by atoms with Gasteiger partial charge in [0.1, 0.15) is 24.7 Å². The molecule has 4 aromatic carbocycles. The molecule has 0 aliphatic rings. The summed E-state index contributed by atoms with van der Waals surface area (Å²) < 4.78 is 18.8. The molecule has 59 heavy (non-hydrogen) atoms. The molecule has 310 valence electrons. The lowest BCUT2D eigenvalue weighted by molar-refractivity contribution is 0.295. The maximum Gasteiger partial charge on any atom is 0.192 e. The van der Waals surface area contributed by atoms with Gasteiger partial charge in [-0.25, -0.2) is 0 Å². The number of hydrogen-bond donors (Lipinski definition) is 1. The minimum atomic E-state index is -1.74. The van der Waals surface area contributed by atoms with E-state index in [0.29, 0.717) is 19.8 Å². The zero-order valence-electron chi connectivity index (χ0n) is 35.6. The summed E-state index contributed by atoms with van der Waals surface area (Å²) >= 11 is 3.44. The highest BCUT2D eigenvalue weighted by molar-refractivity contribution is 7.11. The third-order valence-electron chi connectivity index (χ3n) is 10.4. The fourth-order valence-corrected chi connectivity index (χ4v) is 7.97. The van der Waals surface area contributed by atoms with Gasteiger partial charge >= 0.3 is 0 Å². The van der Waals surface area contributed by atoms with Crippen molar-refractivity contribution in [3.63, 3.8) is 0 Å². The van der Waals surface area contributed by atoms with Gasteiger partial charge in [-0.15, -0.1) is 22.7 Å². The van der Waals surface area contributed by atoms with Gasteiger partial charge in [-0.3, -0.25) is 0 Å². The van der Waals surface area contributed by atoms with Crippen LogP contribution >= 0.6 is 22.7 Å². The Morgan fingerprint density at radius 3 is 1.46 bits per heavy atom. The number of thiophene rings is 2. The predicted molar refractivity (Wildman–Crippen MR) is 258 cm³/mol. The minimum absolute atomic E-state index is 0.122. The third kappa shape index (κ3) is 14.4. The van der Waals surface area contributed by atoms with Crippen LogP contribution < -0.4 is 19.3 Å². The van der Waals surface area contributed by atoms with E-state index < -0.39 is 8.32 Å². The van der Waals surface area contributed by atoms with Gasteiger partial charge in [-0.05, 0) is 101 Å². The Morgan fingerprint density at radius 2 is 1.05 bits per heavy atom. The summed E-state index contributed by atoms with van der Waals surface area (Å²) in [6, 6.07) is 41.4. The molecule has 1 N–H and O–H groups in total. The van der Waals surface area contributed by atoms with Gasteiger partial charge < -0.3 is 28.8 Å². The van der Waals surface area contributed by atoms with Crippen molar-refractivity contribution in [2.24, 2.45) is 0 Å². The first-order valence-corrected chi connectivity index (χ1v) is 24.8. The molecule has 6 aromatic rings. The summed E-state index contributed by atoms with van der Waals surface area (Å²) in [4.78, 5) is 6.70. The number of anilines is 2. The Balaban J connectivity index is 0.000000230. The van der Waals surface area contributed by atoms with E-state index in [0.717, 1.165) is 58.3 Å². The number of likely N-dealkylation sites (N-methyl/N-ethyl adjacent to an activating group) is 2. The van der Waals surface area contributed by atoms with Crippen LogP contribution in [0.5, 0.6) is 11.5 Å². The first-order valence-electron chi connectivity index (χ1n) is 20.1. The van der Waals surface area contributed by atoms with Crippen LogP contribution in [-0.4, -0.2) is 53.8 Å². The summed E-state index contributed by atoms with van der Waals surface area (Å²) in [5.41, 5.74) is 6.56. The van der Waals surface area contributed by atoms with Crippen molar-refractivity contribution in [3.05, 3.63) is 164 Å². The van der Waals surface area contributed by atoms with Crippen molar-refractivity contribution in [1.29, 1.82) is 0 Å². The first-order chi connectivity index (χ1) is 28.4. The smallest absolute Gasteiger partial charge is 0.192 e. The standard InChI is InChI=1S/C28H37NO2SSi.C22H23NO2S/c1-28(2,3)33(5,6)31-19-18-29(4)25-16-14-24(15-17-26-13-10-20-32-26)27(21-25)30-22-23-11-8-7-9-12-23;1-23(13-14-24)20-11-9-19(10-12-21-8-5-15-26-21)22(16-20)25-17-18-6-3-2-4-7-18/h7-17,20-21H,18-19,22H2,1-6H3;2-12,15-16,24H,13-14,17H2,1H3/b17-15+;12-10+. The highest BCUT2D eigenvalue weighted by Crippen LogP contribution is 2.37. The average molecular weight is 845 g/mol. The molecule has 6 nitrogen and oxygen atoms in total. The molecular weight excluding hydrogens is 785 g/mol. The van der Waals surface area contributed by atoms with Crippen LogP contribution in [-0.2, 0) is 17.6 Å². The second-order valence-electron chi connectivity index (χ2n) is 15.9. The van der Waals surface area contributed by atoms with Crippen molar-refractivity contribution >= 4 is 66.7 Å². The summed E-state index contributed by atoms with van der Waals surface area (Å²) in [5.74, 6) is 1.73. The van der Waals surface area contributed by atoms with Crippen molar-refractivity contribution in [2.75, 3.05) is 50.2 Å². The Bertz CT molecular complexity index is 2160. The fourth-order valence-electron chi connectivity index (χ4n) is 5.70. The van der Waals surface area contributed by atoms with Crippen LogP contribution in [0.2, 0.25) is 18.1 Å². The number of aliphatic hydroxyl groups excluding tert-OH is 1. The van der Waals surface area contributed by atoms with E-state index in [1.54, 1.807) is 22.7 Å². The maximum atomic E-state index is 9.18. The number of benzene rings is 4. The van der Waals surface area contributed by atoms with E-state index in [1.807, 2.05) is 60.5 Å². The highest BCUT2D eigenvalue weighted by Gasteiger charge is 2.37. The van der Waals surface area contributed by atoms with Crippen molar-refractivity contribution in [3.8, 4) is 11.5 Å². The van der Waals surface area contributed by atoms with Crippen LogP contribution in [0.25, 0.3) is 24.3 Å². The lowest BCUT2D eigenvalue weighted by atomic mass is 10.1. The largest absolute Gasteiger partial charge is 0.488 e. The topological polar surface area (TPSA) is 54.4 Å². The molecule has 0 bridgehead atoms. The van der Waals surface area contributed by atoms with Crippen LogP contribution in [0, 0.1) is 0 Å². The molecule has 0 radical (unpaired) electrons. The van der Waals surface area contributed by atoms with E-state index >= 15 is 0 Å². The van der Waals surface area contributed by atoms with Gasteiger partial charge in [-0.1, -0.05) is 93.6 Å². The van der Waals surface area contributed by atoms with E-state index in [2.05, 4.69) is 154 Å². The molecule has 0 amide bonds. The van der Waals surface area contributed by atoms with Crippen molar-refractivity contribution < 1.29 is 19.0 Å². The minimum Gasteiger partial charge on any atom is -0.488 e. The molecule has 0 saturated carbocycles. The van der Waals surface area contributed by atoms with E-state index in [9.17, 15) is 5.11 Å². The number of hydrogen-bond acceptors (Lipinski definition) is 8. The van der Waals surface area contributed by atoms with E-state index in [1.165, 1.54) is 9.75 Å². The van der Waals surface area contributed by atoms with Crippen LogP contribution in [0.15, 0.2) is 132 Å². The van der Waals surface area contributed by atoms with Crippen molar-refractivity contribution in [1.82, 2.24) is 0 Å². The van der Waals surface area contributed by atoms with Gasteiger partial charge in [0.2, 0.25) is 0 Å². The summed E-state index contributed by atoms with van der Waals surface area (Å²) in [6.45, 7) is 14.8. The number of ether oxygens (including phenoxy) is 2. The van der Waals surface area contributed by atoms with Crippen LogP contribution in [0.3, 0.4) is 0 Å². The summed E-state index contributed by atoms with van der Waals surface area (Å²) in [6.07, 6.45) is 8.47. The molecule has 0 atom stereocenters.